The summed E-state index contributed by atoms with van der Waals surface area (Å²) >= 11 is 0. The van der Waals surface area contributed by atoms with Crippen molar-refractivity contribution in [3.63, 3.8) is 0 Å². The van der Waals surface area contributed by atoms with E-state index in [1.54, 1.807) is 7.11 Å². The monoisotopic (exact) mass is 451 g/mol. The third-order valence-electron chi connectivity index (χ3n) is 5.85. The summed E-state index contributed by atoms with van der Waals surface area (Å²) in [5.41, 5.74) is 2.60. The molecule has 0 atom stereocenters. The molecule has 1 fully saturated rings. The average Bonchev–Trinajstić information content (AvgIpc) is 3.12. The van der Waals surface area contributed by atoms with E-state index >= 15 is 0 Å². The highest BCUT2D eigenvalue weighted by molar-refractivity contribution is 5.90. The summed E-state index contributed by atoms with van der Waals surface area (Å²) in [6.07, 6.45) is 3.74. The van der Waals surface area contributed by atoms with Crippen LogP contribution in [0.1, 0.15) is 51.0 Å². The van der Waals surface area contributed by atoms with Gasteiger partial charge in [-0.15, -0.1) is 0 Å². The molecule has 0 spiro atoms. The van der Waals surface area contributed by atoms with Crippen molar-refractivity contribution >= 4 is 22.9 Å². The molecule has 0 unspecified atom stereocenters. The van der Waals surface area contributed by atoms with Crippen molar-refractivity contribution in [2.24, 2.45) is 0 Å². The van der Waals surface area contributed by atoms with E-state index in [4.69, 9.17) is 19.8 Å². The number of hydrogen-bond acceptors (Lipinski definition) is 6. The van der Waals surface area contributed by atoms with Gasteiger partial charge in [0.25, 0.3) is 0 Å². The number of fused-ring (bicyclic) bond motifs is 1. The van der Waals surface area contributed by atoms with Crippen LogP contribution in [0.2, 0.25) is 0 Å². The van der Waals surface area contributed by atoms with Crippen molar-refractivity contribution in [1.29, 1.82) is 0 Å². The van der Waals surface area contributed by atoms with Gasteiger partial charge in [0.15, 0.2) is 11.5 Å². The second-order valence-electron chi connectivity index (χ2n) is 8.92. The van der Waals surface area contributed by atoms with Crippen molar-refractivity contribution < 1.29 is 9.53 Å². The van der Waals surface area contributed by atoms with Gasteiger partial charge in [-0.05, 0) is 58.6 Å². The average molecular weight is 452 g/mol. The maximum Gasteiger partial charge on any atom is 0.315 e. The number of nitrogens with one attached hydrogen (secondary N) is 3. The molecule has 2 heterocycles. The molecule has 2 amide bonds. The topological polar surface area (TPSA) is 106 Å². The smallest absolute Gasteiger partial charge is 0.315 e. The predicted molar refractivity (Wildman–Crippen MR) is 129 cm³/mol. The summed E-state index contributed by atoms with van der Waals surface area (Å²) in [5, 5.41) is 15.3. The summed E-state index contributed by atoms with van der Waals surface area (Å²) in [7, 11) is 1.64. The maximum absolute atomic E-state index is 12.0. The van der Waals surface area contributed by atoms with Gasteiger partial charge in [-0.1, -0.05) is 18.2 Å². The minimum atomic E-state index is -0.0907. The number of hydrogen-bond donors (Lipinski definition) is 3. The number of aryl methyl sites for hydroxylation is 1. The van der Waals surface area contributed by atoms with Crippen molar-refractivity contribution in [2.75, 3.05) is 12.4 Å². The van der Waals surface area contributed by atoms with Crippen LogP contribution >= 0.6 is 0 Å². The van der Waals surface area contributed by atoms with Crippen molar-refractivity contribution in [1.82, 2.24) is 30.4 Å². The van der Waals surface area contributed by atoms with Gasteiger partial charge in [-0.2, -0.15) is 5.10 Å². The van der Waals surface area contributed by atoms with Crippen LogP contribution in [0.15, 0.2) is 30.3 Å². The van der Waals surface area contributed by atoms with Crippen LogP contribution in [0.4, 0.5) is 10.6 Å². The van der Waals surface area contributed by atoms with Crippen LogP contribution in [-0.2, 0) is 11.3 Å². The fourth-order valence-corrected chi connectivity index (χ4v) is 4.34. The fraction of sp³-hybridized carbons (Fsp3) is 0.500. The van der Waals surface area contributed by atoms with Crippen LogP contribution in [0.3, 0.4) is 0 Å². The molecule has 176 valence electrons. The van der Waals surface area contributed by atoms with E-state index in [-0.39, 0.29) is 24.2 Å². The highest BCUT2D eigenvalue weighted by Crippen LogP contribution is 2.29. The second-order valence-corrected chi connectivity index (χ2v) is 8.92. The van der Waals surface area contributed by atoms with E-state index in [0.717, 1.165) is 53.9 Å². The molecule has 1 aromatic carbocycles. The molecule has 33 heavy (non-hydrogen) atoms. The molecule has 0 radical (unpaired) electrons. The van der Waals surface area contributed by atoms with E-state index in [9.17, 15) is 4.79 Å². The number of urea groups is 1. The molecule has 0 bridgehead atoms. The van der Waals surface area contributed by atoms with Gasteiger partial charge < -0.3 is 20.7 Å². The fourth-order valence-electron chi connectivity index (χ4n) is 4.34. The summed E-state index contributed by atoms with van der Waals surface area (Å²) in [6.45, 7) is 6.23. The highest BCUT2D eigenvalue weighted by atomic mass is 16.5. The Kier molecular flexibility index (Phi) is 7.08. The number of aromatic nitrogens is 4. The molecule has 0 saturated heterocycles. The lowest BCUT2D eigenvalue weighted by Gasteiger charge is -2.30. The van der Waals surface area contributed by atoms with E-state index < -0.39 is 0 Å². The molecule has 0 aliphatic heterocycles. The zero-order valence-electron chi connectivity index (χ0n) is 19.8. The Bertz CT molecular complexity index is 1090. The van der Waals surface area contributed by atoms with Crippen LogP contribution in [0.5, 0.6) is 0 Å². The van der Waals surface area contributed by atoms with Crippen LogP contribution in [0, 0.1) is 6.92 Å². The molecule has 2 aromatic heterocycles. The van der Waals surface area contributed by atoms with Gasteiger partial charge >= 0.3 is 6.03 Å². The van der Waals surface area contributed by atoms with Crippen LogP contribution in [0.25, 0.3) is 16.7 Å². The first kappa shape index (κ1) is 23.0. The van der Waals surface area contributed by atoms with Crippen molar-refractivity contribution in [3.8, 4) is 5.69 Å². The quantitative estimate of drug-likeness (QED) is 0.506. The molecule has 9 nitrogen and oxygen atoms in total. The Balaban J connectivity index is 1.54. The SMILES string of the molecule is COCc1nc(NC2CCC(NC(=O)NC(C)C)CC2)c2c(C)nn(-c3ccccc3)c2n1. The molecule has 3 N–H and O–H groups in total. The molecule has 9 heteroatoms. The van der Waals surface area contributed by atoms with Gasteiger partial charge in [0.1, 0.15) is 12.4 Å². The van der Waals surface area contributed by atoms with E-state index in [1.807, 2.05) is 55.8 Å². The van der Waals surface area contributed by atoms with E-state index in [0.29, 0.717) is 12.4 Å². The van der Waals surface area contributed by atoms with Gasteiger partial charge in [0.05, 0.1) is 16.8 Å². The summed E-state index contributed by atoms with van der Waals surface area (Å²) in [6, 6.07) is 10.5. The molecular weight excluding hydrogens is 418 g/mol. The first-order valence-electron chi connectivity index (χ1n) is 11.6. The third-order valence-corrected chi connectivity index (χ3v) is 5.85. The lowest BCUT2D eigenvalue weighted by Crippen LogP contribution is -2.46. The number of carbonyl (C=O) groups is 1. The zero-order chi connectivity index (χ0) is 23.4. The predicted octanol–water partition coefficient (Wildman–Crippen LogP) is 3.70. The van der Waals surface area contributed by atoms with E-state index in [2.05, 4.69) is 16.0 Å². The van der Waals surface area contributed by atoms with Crippen molar-refractivity contribution in [2.45, 2.75) is 71.2 Å². The molecule has 1 aliphatic rings. The minimum Gasteiger partial charge on any atom is -0.377 e. The Morgan fingerprint density at radius 1 is 1.12 bits per heavy atom. The van der Waals surface area contributed by atoms with E-state index in [1.165, 1.54) is 0 Å². The number of ether oxygens (including phenoxy) is 1. The normalized spacial score (nSPS) is 18.5. The molecular formula is C24H33N7O2. The highest BCUT2D eigenvalue weighted by Gasteiger charge is 2.25. The summed E-state index contributed by atoms with van der Waals surface area (Å²) < 4.78 is 7.19. The van der Waals surface area contributed by atoms with Gasteiger partial charge in [-0.25, -0.2) is 19.4 Å². The van der Waals surface area contributed by atoms with Crippen molar-refractivity contribution in [3.05, 3.63) is 41.9 Å². The zero-order valence-corrected chi connectivity index (χ0v) is 19.8. The minimum absolute atomic E-state index is 0.0907. The van der Waals surface area contributed by atoms with Gasteiger partial charge in [-0.3, -0.25) is 0 Å². The van der Waals surface area contributed by atoms with Gasteiger partial charge in [0.2, 0.25) is 0 Å². The lowest BCUT2D eigenvalue weighted by molar-refractivity contribution is 0.178. The lowest BCUT2D eigenvalue weighted by atomic mass is 9.91. The third kappa shape index (κ3) is 5.42. The number of carbonyl (C=O) groups excluding carboxylic acids is 1. The van der Waals surface area contributed by atoms with Crippen LogP contribution in [-0.4, -0.2) is 51.0 Å². The summed E-state index contributed by atoms with van der Waals surface area (Å²) in [4.78, 5) is 21.5. The Hall–Kier alpha value is -3.20. The largest absolute Gasteiger partial charge is 0.377 e. The Morgan fingerprint density at radius 3 is 2.48 bits per heavy atom. The maximum atomic E-state index is 12.0. The van der Waals surface area contributed by atoms with Gasteiger partial charge in [0, 0.05) is 25.2 Å². The number of para-hydroxylation sites is 1. The molecule has 3 aromatic rings. The Morgan fingerprint density at radius 2 is 1.82 bits per heavy atom. The first-order chi connectivity index (χ1) is 15.9. The molecule has 1 saturated carbocycles. The molecule has 1 aliphatic carbocycles. The second kappa shape index (κ2) is 10.2. The number of rotatable bonds is 7. The first-order valence-corrected chi connectivity index (χ1v) is 11.6. The summed E-state index contributed by atoms with van der Waals surface area (Å²) in [5.74, 6) is 1.41. The number of benzene rings is 1. The number of amides is 2. The standard InChI is InChI=1S/C24H33N7O2/c1-15(2)25-24(32)27-18-12-10-17(11-13-18)26-22-21-16(3)30-31(19-8-6-5-7-9-19)23(21)29-20(28-22)14-33-4/h5-9,15,17-18H,10-14H2,1-4H3,(H2,25,27,32)(H,26,28,29). The molecule has 4 rings (SSSR count). The number of methoxy groups -OCH3 is 1. The van der Waals surface area contributed by atoms with Crippen LogP contribution < -0.4 is 16.0 Å². The Labute approximate surface area is 194 Å². The number of anilines is 1. The number of nitrogens with zero attached hydrogens (tertiary/aromatic N) is 4.